The molecule has 1 aromatic heterocycles. The lowest BCUT2D eigenvalue weighted by Gasteiger charge is -2.35. The smallest absolute Gasteiger partial charge is 0.256 e. The Morgan fingerprint density at radius 1 is 0.927 bits per heavy atom. The second-order valence-corrected chi connectivity index (χ2v) is 10.7. The first kappa shape index (κ1) is 30.2. The summed E-state index contributed by atoms with van der Waals surface area (Å²) in [6.07, 6.45) is 3.12. The molecule has 41 heavy (non-hydrogen) atoms. The SMILES string of the molecule is C/C=C(\C)C(=O)NCC.O=C(CCN1CCN(Cc2ccccc2)CC1)N1CCc2c([nH]c(=O)c3ccccc23)C1. The Balaban J connectivity index is 0.000000374. The first-order chi connectivity index (χ1) is 19.9. The Labute approximate surface area is 243 Å². The maximum atomic E-state index is 12.9. The van der Waals surface area contributed by atoms with Crippen LogP contribution in [-0.4, -0.2) is 77.3 Å². The minimum absolute atomic E-state index is 0.0278. The van der Waals surface area contributed by atoms with Crippen molar-refractivity contribution in [2.75, 3.05) is 45.8 Å². The van der Waals surface area contributed by atoms with Crippen molar-refractivity contribution in [3.05, 3.63) is 93.4 Å². The molecule has 2 aliphatic heterocycles. The second-order valence-electron chi connectivity index (χ2n) is 10.7. The van der Waals surface area contributed by atoms with Crippen LogP contribution < -0.4 is 10.9 Å². The molecule has 2 aliphatic rings. The lowest BCUT2D eigenvalue weighted by molar-refractivity contribution is -0.132. The number of aromatic amines is 1. The number of fused-ring (bicyclic) bond motifs is 3. The molecule has 0 bridgehead atoms. The number of piperazine rings is 1. The summed E-state index contributed by atoms with van der Waals surface area (Å²) in [5.41, 5.74) is 4.13. The highest BCUT2D eigenvalue weighted by Gasteiger charge is 2.24. The first-order valence-corrected chi connectivity index (χ1v) is 14.7. The molecular formula is C33H43N5O3. The lowest BCUT2D eigenvalue weighted by atomic mass is 9.98. The van der Waals surface area contributed by atoms with Gasteiger partial charge in [0.15, 0.2) is 0 Å². The van der Waals surface area contributed by atoms with Crippen molar-refractivity contribution in [3.8, 4) is 0 Å². The molecule has 0 radical (unpaired) electrons. The number of allylic oxidation sites excluding steroid dienone is 1. The molecule has 0 saturated carbocycles. The second kappa shape index (κ2) is 14.8. The van der Waals surface area contributed by atoms with Gasteiger partial charge in [0.05, 0.1) is 6.54 Å². The summed E-state index contributed by atoms with van der Waals surface area (Å²) in [6.45, 7) is 13.3. The average Bonchev–Trinajstić information content (AvgIpc) is 3.01. The van der Waals surface area contributed by atoms with Crippen LogP contribution in [0.2, 0.25) is 0 Å². The van der Waals surface area contributed by atoms with Crippen molar-refractivity contribution in [1.29, 1.82) is 0 Å². The molecular weight excluding hydrogens is 514 g/mol. The molecule has 0 atom stereocenters. The van der Waals surface area contributed by atoms with Crippen LogP contribution in [0, 0.1) is 0 Å². The minimum atomic E-state index is -0.0676. The molecule has 2 amide bonds. The maximum absolute atomic E-state index is 12.9. The number of pyridine rings is 1. The van der Waals surface area contributed by atoms with Gasteiger partial charge in [-0.3, -0.25) is 19.3 Å². The van der Waals surface area contributed by atoms with E-state index in [-0.39, 0.29) is 17.4 Å². The quantitative estimate of drug-likeness (QED) is 0.433. The molecule has 8 heteroatoms. The van der Waals surface area contributed by atoms with Crippen LogP contribution in [0.25, 0.3) is 10.8 Å². The average molecular weight is 558 g/mol. The van der Waals surface area contributed by atoms with Gasteiger partial charge in [0.25, 0.3) is 5.56 Å². The summed E-state index contributed by atoms with van der Waals surface area (Å²) >= 11 is 0. The third-order valence-corrected chi connectivity index (χ3v) is 7.94. The highest BCUT2D eigenvalue weighted by atomic mass is 16.2. The minimum Gasteiger partial charge on any atom is -0.353 e. The molecule has 0 spiro atoms. The van der Waals surface area contributed by atoms with Gasteiger partial charge in [0, 0.05) is 75.4 Å². The van der Waals surface area contributed by atoms with E-state index in [2.05, 4.69) is 50.4 Å². The van der Waals surface area contributed by atoms with Crippen molar-refractivity contribution < 1.29 is 9.59 Å². The van der Waals surface area contributed by atoms with E-state index in [1.54, 1.807) is 13.0 Å². The number of H-pyrrole nitrogens is 1. The van der Waals surface area contributed by atoms with Crippen LogP contribution in [0.4, 0.5) is 0 Å². The van der Waals surface area contributed by atoms with E-state index in [1.807, 2.05) is 43.0 Å². The molecule has 8 nitrogen and oxygen atoms in total. The van der Waals surface area contributed by atoms with E-state index in [9.17, 15) is 14.4 Å². The topological polar surface area (TPSA) is 88.8 Å². The number of hydrogen-bond donors (Lipinski definition) is 2. The summed E-state index contributed by atoms with van der Waals surface area (Å²) in [5, 5.41) is 4.44. The van der Waals surface area contributed by atoms with Gasteiger partial charge in [-0.1, -0.05) is 54.6 Å². The Kier molecular flexibility index (Phi) is 10.9. The molecule has 2 N–H and O–H groups in total. The molecule has 2 aromatic carbocycles. The number of nitrogens with zero attached hydrogens (tertiary/aromatic N) is 3. The molecule has 0 aliphatic carbocycles. The molecule has 1 fully saturated rings. The van der Waals surface area contributed by atoms with E-state index in [0.29, 0.717) is 26.1 Å². The van der Waals surface area contributed by atoms with Crippen LogP contribution in [-0.2, 0) is 29.1 Å². The predicted octanol–water partition coefficient (Wildman–Crippen LogP) is 3.71. The largest absolute Gasteiger partial charge is 0.353 e. The van der Waals surface area contributed by atoms with Crippen molar-refractivity contribution in [2.45, 2.75) is 46.7 Å². The molecule has 1 saturated heterocycles. The number of amides is 2. The normalized spacial score (nSPS) is 16.1. The van der Waals surface area contributed by atoms with Crippen molar-refractivity contribution >= 4 is 22.6 Å². The molecule has 3 aromatic rings. The highest BCUT2D eigenvalue weighted by Crippen LogP contribution is 2.24. The molecule has 218 valence electrons. The van der Waals surface area contributed by atoms with E-state index >= 15 is 0 Å². The number of nitrogens with one attached hydrogen (secondary N) is 2. The lowest BCUT2D eigenvalue weighted by Crippen LogP contribution is -2.47. The summed E-state index contributed by atoms with van der Waals surface area (Å²) in [4.78, 5) is 45.9. The highest BCUT2D eigenvalue weighted by molar-refractivity contribution is 5.92. The van der Waals surface area contributed by atoms with Gasteiger partial charge in [0.1, 0.15) is 0 Å². The van der Waals surface area contributed by atoms with Gasteiger partial charge in [-0.2, -0.15) is 0 Å². The number of aromatic nitrogens is 1. The van der Waals surface area contributed by atoms with Crippen LogP contribution in [0.3, 0.4) is 0 Å². The summed E-state index contributed by atoms with van der Waals surface area (Å²) < 4.78 is 0. The van der Waals surface area contributed by atoms with Gasteiger partial charge >= 0.3 is 0 Å². The fraction of sp³-hybridized carbons (Fsp3) is 0.424. The van der Waals surface area contributed by atoms with Crippen molar-refractivity contribution in [3.63, 3.8) is 0 Å². The van der Waals surface area contributed by atoms with Gasteiger partial charge < -0.3 is 20.1 Å². The third-order valence-electron chi connectivity index (χ3n) is 7.94. The van der Waals surface area contributed by atoms with Crippen LogP contribution in [0.1, 0.15) is 44.0 Å². The zero-order valence-corrected chi connectivity index (χ0v) is 24.6. The molecule has 0 unspecified atom stereocenters. The molecule has 3 heterocycles. The maximum Gasteiger partial charge on any atom is 0.256 e. The van der Waals surface area contributed by atoms with Crippen LogP contribution >= 0.6 is 0 Å². The predicted molar refractivity (Wildman–Crippen MR) is 165 cm³/mol. The number of carbonyl (C=O) groups is 2. The number of benzene rings is 2. The summed E-state index contributed by atoms with van der Waals surface area (Å²) in [5.74, 6) is 0.205. The molecule has 5 rings (SSSR count). The van der Waals surface area contributed by atoms with Crippen LogP contribution in [0.5, 0.6) is 0 Å². The Bertz CT molecular complexity index is 1410. The Morgan fingerprint density at radius 3 is 2.27 bits per heavy atom. The summed E-state index contributed by atoms with van der Waals surface area (Å²) in [6, 6.07) is 18.3. The van der Waals surface area contributed by atoms with Gasteiger partial charge in [-0.15, -0.1) is 0 Å². The number of carbonyl (C=O) groups excluding carboxylic acids is 2. The zero-order valence-electron chi connectivity index (χ0n) is 24.6. The standard InChI is InChI=1S/C26H30N4O2.C7H13NO/c31-25(11-12-28-14-16-29(17-15-28)18-20-6-2-1-3-7-20)30-13-10-22-21-8-4-5-9-23(21)26(32)27-24(22)19-30;1-4-6(3)7(9)8-5-2/h1-9H,10-19H2,(H,27,32);4H,5H2,1-3H3,(H,8,9)/b;6-4+. The third kappa shape index (κ3) is 8.15. The van der Waals surface area contributed by atoms with E-state index in [0.717, 1.165) is 67.7 Å². The van der Waals surface area contributed by atoms with Crippen LogP contribution in [0.15, 0.2) is 71.0 Å². The van der Waals surface area contributed by atoms with Gasteiger partial charge in [0.2, 0.25) is 11.8 Å². The van der Waals surface area contributed by atoms with E-state index in [4.69, 9.17) is 0 Å². The first-order valence-electron chi connectivity index (χ1n) is 14.7. The fourth-order valence-electron chi connectivity index (χ4n) is 5.39. The summed E-state index contributed by atoms with van der Waals surface area (Å²) in [7, 11) is 0. The van der Waals surface area contributed by atoms with Gasteiger partial charge in [-0.05, 0) is 49.8 Å². The van der Waals surface area contributed by atoms with E-state index < -0.39 is 0 Å². The van der Waals surface area contributed by atoms with Crippen molar-refractivity contribution in [2.24, 2.45) is 0 Å². The monoisotopic (exact) mass is 557 g/mol. The zero-order chi connectivity index (χ0) is 29.2. The number of hydrogen-bond acceptors (Lipinski definition) is 5. The Morgan fingerprint density at radius 2 is 1.59 bits per heavy atom. The van der Waals surface area contributed by atoms with Gasteiger partial charge in [-0.25, -0.2) is 0 Å². The van der Waals surface area contributed by atoms with Crippen molar-refractivity contribution in [1.82, 2.24) is 25.0 Å². The fourth-order valence-corrected chi connectivity index (χ4v) is 5.39. The Hall–Kier alpha value is -3.75. The number of likely N-dealkylation sites (N-methyl/N-ethyl adjacent to an activating group) is 1. The number of rotatable bonds is 7. The van der Waals surface area contributed by atoms with E-state index in [1.165, 1.54) is 11.1 Å².